The smallest absolute Gasteiger partial charge is 0.271 e. The summed E-state index contributed by atoms with van der Waals surface area (Å²) in [6, 6.07) is 20.6. The molecule has 0 atom stereocenters. The molecular formula is C24H19N5O2S. The Morgan fingerprint density at radius 3 is 2.56 bits per heavy atom. The summed E-state index contributed by atoms with van der Waals surface area (Å²) in [6.45, 7) is 0. The summed E-state index contributed by atoms with van der Waals surface area (Å²) < 4.78 is 1.99. The van der Waals surface area contributed by atoms with E-state index in [2.05, 4.69) is 20.8 Å². The highest BCUT2D eigenvalue weighted by atomic mass is 32.2. The summed E-state index contributed by atoms with van der Waals surface area (Å²) in [5.74, 6) is -0.0287. The van der Waals surface area contributed by atoms with Gasteiger partial charge >= 0.3 is 0 Å². The largest absolute Gasteiger partial charge is 0.360 e. The SMILES string of the molecule is O=C(NNC(=O)c1c[nH]c2ccccc12)c1ccc(SCc2cn3ccccc3n2)cc1. The van der Waals surface area contributed by atoms with E-state index in [9.17, 15) is 9.59 Å². The third kappa shape index (κ3) is 4.08. The van der Waals surface area contributed by atoms with Gasteiger partial charge < -0.3 is 9.38 Å². The molecule has 3 N–H and O–H groups in total. The third-order valence-corrected chi connectivity index (χ3v) is 6.09. The monoisotopic (exact) mass is 441 g/mol. The van der Waals surface area contributed by atoms with Crippen LogP contribution in [0.1, 0.15) is 26.4 Å². The van der Waals surface area contributed by atoms with Crippen LogP contribution in [0, 0.1) is 0 Å². The van der Waals surface area contributed by atoms with Crippen molar-refractivity contribution in [3.8, 4) is 0 Å². The Kier molecular flexibility index (Phi) is 5.35. The van der Waals surface area contributed by atoms with Crippen molar-refractivity contribution in [2.45, 2.75) is 10.6 Å². The number of hydrazine groups is 1. The molecule has 0 spiro atoms. The summed E-state index contributed by atoms with van der Waals surface area (Å²) in [6.07, 6.45) is 5.61. The van der Waals surface area contributed by atoms with Gasteiger partial charge in [-0.05, 0) is 42.5 Å². The summed E-state index contributed by atoms with van der Waals surface area (Å²) >= 11 is 1.65. The molecule has 3 aromatic heterocycles. The predicted molar refractivity (Wildman–Crippen MR) is 124 cm³/mol. The molecule has 2 amide bonds. The van der Waals surface area contributed by atoms with Crippen LogP contribution < -0.4 is 10.9 Å². The molecule has 158 valence electrons. The van der Waals surface area contributed by atoms with Crippen LogP contribution in [0.2, 0.25) is 0 Å². The standard InChI is InChI=1S/C24H19N5O2S/c30-23(27-28-24(31)20-13-25-21-6-2-1-5-19(20)21)16-8-10-18(11-9-16)32-15-17-14-29-12-4-3-7-22(29)26-17/h1-14,25H,15H2,(H,27,30)(H,28,31). The summed E-state index contributed by atoms with van der Waals surface area (Å²) in [5.41, 5.74) is 8.65. The molecule has 5 aromatic rings. The van der Waals surface area contributed by atoms with Crippen molar-refractivity contribution in [2.24, 2.45) is 0 Å². The number of para-hydroxylation sites is 1. The molecule has 8 heteroatoms. The average molecular weight is 442 g/mol. The van der Waals surface area contributed by atoms with E-state index in [1.54, 1.807) is 30.1 Å². The topological polar surface area (TPSA) is 91.3 Å². The summed E-state index contributed by atoms with van der Waals surface area (Å²) in [7, 11) is 0. The van der Waals surface area contributed by atoms with Gasteiger partial charge in [-0.3, -0.25) is 20.4 Å². The maximum atomic E-state index is 12.4. The first-order chi connectivity index (χ1) is 15.7. The second-order valence-corrected chi connectivity index (χ2v) is 8.22. The Balaban J connectivity index is 1.17. The molecule has 0 saturated carbocycles. The molecule has 0 fully saturated rings. The molecule has 0 unspecified atom stereocenters. The molecule has 0 saturated heterocycles. The van der Waals surface area contributed by atoms with Crippen molar-refractivity contribution >= 4 is 40.1 Å². The Bertz CT molecular complexity index is 1390. The zero-order valence-electron chi connectivity index (χ0n) is 16.9. The molecule has 5 rings (SSSR count). The van der Waals surface area contributed by atoms with E-state index in [1.807, 2.05) is 71.4 Å². The van der Waals surface area contributed by atoms with Gasteiger partial charge in [0.05, 0.1) is 11.3 Å². The lowest BCUT2D eigenvalue weighted by Gasteiger charge is -2.07. The number of rotatable bonds is 5. The van der Waals surface area contributed by atoms with Gasteiger partial charge in [0.2, 0.25) is 0 Å². The van der Waals surface area contributed by atoms with Gasteiger partial charge in [-0.15, -0.1) is 11.8 Å². The summed E-state index contributed by atoms with van der Waals surface area (Å²) in [5, 5.41) is 0.797. The van der Waals surface area contributed by atoms with Crippen LogP contribution in [0.3, 0.4) is 0 Å². The van der Waals surface area contributed by atoms with E-state index >= 15 is 0 Å². The van der Waals surface area contributed by atoms with Crippen molar-refractivity contribution in [1.29, 1.82) is 0 Å². The number of carbonyl (C=O) groups excluding carboxylic acids is 2. The van der Waals surface area contributed by atoms with E-state index < -0.39 is 0 Å². The van der Waals surface area contributed by atoms with Crippen molar-refractivity contribution in [1.82, 2.24) is 25.2 Å². The molecule has 0 aliphatic rings. The number of benzene rings is 2. The number of amides is 2. The highest BCUT2D eigenvalue weighted by molar-refractivity contribution is 7.98. The fourth-order valence-electron chi connectivity index (χ4n) is 3.43. The Morgan fingerprint density at radius 2 is 1.72 bits per heavy atom. The minimum absolute atomic E-state index is 0.379. The molecular weight excluding hydrogens is 422 g/mol. The van der Waals surface area contributed by atoms with Gasteiger partial charge in [-0.1, -0.05) is 24.3 Å². The van der Waals surface area contributed by atoms with Crippen LogP contribution in [0.4, 0.5) is 0 Å². The van der Waals surface area contributed by atoms with Gasteiger partial charge in [0.1, 0.15) is 5.65 Å². The fourth-order valence-corrected chi connectivity index (χ4v) is 4.21. The van der Waals surface area contributed by atoms with E-state index in [0.717, 1.165) is 32.9 Å². The first-order valence-corrected chi connectivity index (χ1v) is 11.0. The number of hydrogen-bond donors (Lipinski definition) is 3. The number of carbonyl (C=O) groups is 2. The first-order valence-electron chi connectivity index (χ1n) is 10.00. The number of fused-ring (bicyclic) bond motifs is 2. The van der Waals surface area contributed by atoms with Gasteiger partial charge in [0.15, 0.2) is 0 Å². The number of imidazole rings is 1. The lowest BCUT2D eigenvalue weighted by Crippen LogP contribution is -2.41. The van der Waals surface area contributed by atoms with Crippen LogP contribution >= 0.6 is 11.8 Å². The summed E-state index contributed by atoms with van der Waals surface area (Å²) in [4.78, 5) is 33.5. The third-order valence-electron chi connectivity index (χ3n) is 5.04. The van der Waals surface area contributed by atoms with Gasteiger partial charge in [0, 0.05) is 45.7 Å². The maximum absolute atomic E-state index is 12.4. The quantitative estimate of drug-likeness (QED) is 0.282. The van der Waals surface area contributed by atoms with Crippen molar-refractivity contribution in [3.63, 3.8) is 0 Å². The molecule has 7 nitrogen and oxygen atoms in total. The van der Waals surface area contributed by atoms with Crippen LogP contribution in [-0.4, -0.2) is 26.2 Å². The molecule has 0 bridgehead atoms. The molecule has 2 aromatic carbocycles. The number of nitrogens with one attached hydrogen (secondary N) is 3. The van der Waals surface area contributed by atoms with E-state index in [4.69, 9.17) is 0 Å². The van der Waals surface area contributed by atoms with Crippen LogP contribution in [0.25, 0.3) is 16.6 Å². The molecule has 0 aliphatic heterocycles. The molecule has 3 heterocycles. The van der Waals surface area contributed by atoms with Crippen LogP contribution in [0.15, 0.2) is 90.2 Å². The highest BCUT2D eigenvalue weighted by Crippen LogP contribution is 2.23. The minimum atomic E-state index is -0.380. The lowest BCUT2D eigenvalue weighted by molar-refractivity contribution is 0.0847. The van der Waals surface area contributed by atoms with Crippen molar-refractivity contribution in [3.05, 3.63) is 102 Å². The number of aromatic amines is 1. The number of thioether (sulfide) groups is 1. The lowest BCUT2D eigenvalue weighted by atomic mass is 10.2. The van der Waals surface area contributed by atoms with Gasteiger partial charge in [-0.25, -0.2) is 4.98 Å². The average Bonchev–Trinajstić information content (AvgIpc) is 3.45. The van der Waals surface area contributed by atoms with Crippen molar-refractivity contribution in [2.75, 3.05) is 0 Å². The minimum Gasteiger partial charge on any atom is -0.360 e. The fraction of sp³-hybridized carbons (Fsp3) is 0.0417. The Labute approximate surface area is 187 Å². The highest BCUT2D eigenvalue weighted by Gasteiger charge is 2.13. The normalized spacial score (nSPS) is 11.0. The van der Waals surface area contributed by atoms with Crippen molar-refractivity contribution < 1.29 is 9.59 Å². The maximum Gasteiger partial charge on any atom is 0.271 e. The Morgan fingerprint density at radius 1 is 0.938 bits per heavy atom. The number of nitrogens with zero attached hydrogens (tertiary/aromatic N) is 2. The molecule has 0 radical (unpaired) electrons. The van der Waals surface area contributed by atoms with Gasteiger partial charge in [-0.2, -0.15) is 0 Å². The van der Waals surface area contributed by atoms with Gasteiger partial charge in [0.25, 0.3) is 11.8 Å². The number of pyridine rings is 1. The second kappa shape index (κ2) is 8.60. The first kappa shape index (κ1) is 19.9. The number of H-pyrrole nitrogens is 1. The van der Waals surface area contributed by atoms with Crippen LogP contribution in [0.5, 0.6) is 0 Å². The van der Waals surface area contributed by atoms with E-state index in [0.29, 0.717) is 11.1 Å². The number of hydrogen-bond acceptors (Lipinski definition) is 4. The van der Waals surface area contributed by atoms with E-state index in [-0.39, 0.29) is 11.8 Å². The zero-order valence-corrected chi connectivity index (χ0v) is 17.7. The Hall–Kier alpha value is -4.04. The predicted octanol–water partition coefficient (Wildman–Crippen LogP) is 4.18. The number of aromatic nitrogens is 3. The van der Waals surface area contributed by atoms with E-state index in [1.165, 1.54) is 0 Å². The molecule has 32 heavy (non-hydrogen) atoms. The van der Waals surface area contributed by atoms with Crippen LogP contribution in [-0.2, 0) is 5.75 Å². The zero-order chi connectivity index (χ0) is 21.9. The second-order valence-electron chi connectivity index (χ2n) is 7.17. The molecule has 0 aliphatic carbocycles.